The zero-order valence-electron chi connectivity index (χ0n) is 12.5. The highest BCUT2D eigenvalue weighted by Gasteiger charge is 2.06. The Bertz CT molecular complexity index is 441. The van der Waals surface area contributed by atoms with Crippen LogP contribution < -0.4 is 5.32 Å². The first-order valence-corrected chi connectivity index (χ1v) is 7.34. The van der Waals surface area contributed by atoms with Crippen molar-refractivity contribution in [2.45, 2.75) is 27.2 Å². The van der Waals surface area contributed by atoms with Crippen molar-refractivity contribution in [3.8, 4) is 0 Å². The van der Waals surface area contributed by atoms with Gasteiger partial charge in [-0.25, -0.2) is 0 Å². The van der Waals surface area contributed by atoms with Crippen LogP contribution in [0.25, 0.3) is 6.08 Å². The fourth-order valence-electron chi connectivity index (χ4n) is 2.58. The molecule has 19 heavy (non-hydrogen) atoms. The van der Waals surface area contributed by atoms with E-state index in [1.807, 2.05) is 0 Å². The fraction of sp³-hybridized carbons (Fsp3) is 0.529. The van der Waals surface area contributed by atoms with Crippen molar-refractivity contribution in [3.63, 3.8) is 0 Å². The largest absolute Gasteiger partial charge is 0.315 e. The van der Waals surface area contributed by atoms with E-state index >= 15 is 0 Å². The lowest BCUT2D eigenvalue weighted by Gasteiger charge is -2.16. The molecule has 2 heteroatoms. The maximum atomic E-state index is 3.44. The minimum Gasteiger partial charge on any atom is -0.315 e. The van der Waals surface area contributed by atoms with Crippen LogP contribution in [0.5, 0.6) is 0 Å². The first-order chi connectivity index (χ1) is 9.16. The highest BCUT2D eigenvalue weighted by atomic mass is 15.1. The summed E-state index contributed by atoms with van der Waals surface area (Å²) in [6, 6.07) is 4.58. The van der Waals surface area contributed by atoms with E-state index in [-0.39, 0.29) is 0 Å². The number of aryl methyl sites for hydroxylation is 3. The van der Waals surface area contributed by atoms with Gasteiger partial charge in [-0.2, -0.15) is 0 Å². The van der Waals surface area contributed by atoms with Crippen LogP contribution in [0.4, 0.5) is 0 Å². The molecule has 0 bridgehead atoms. The number of hydrogen-bond acceptors (Lipinski definition) is 2. The van der Waals surface area contributed by atoms with Crippen molar-refractivity contribution in [1.29, 1.82) is 0 Å². The van der Waals surface area contributed by atoms with E-state index in [4.69, 9.17) is 0 Å². The van der Waals surface area contributed by atoms with Crippen molar-refractivity contribution >= 4 is 6.08 Å². The maximum Gasteiger partial charge on any atom is 0.0167 e. The third-order valence-electron chi connectivity index (χ3n) is 3.98. The molecule has 104 valence electrons. The Hall–Kier alpha value is -1.12. The predicted molar refractivity (Wildman–Crippen MR) is 83.6 cm³/mol. The predicted octanol–water partition coefficient (Wildman–Crippen LogP) is 2.92. The molecule has 0 unspecified atom stereocenters. The van der Waals surface area contributed by atoms with Gasteiger partial charge in [0.15, 0.2) is 0 Å². The van der Waals surface area contributed by atoms with Crippen molar-refractivity contribution in [2.24, 2.45) is 0 Å². The Morgan fingerprint density at radius 2 is 1.84 bits per heavy atom. The second-order valence-corrected chi connectivity index (χ2v) is 5.60. The van der Waals surface area contributed by atoms with E-state index in [1.54, 1.807) is 0 Å². The summed E-state index contributed by atoms with van der Waals surface area (Å²) >= 11 is 0. The molecule has 0 spiro atoms. The average Bonchev–Trinajstić information content (AvgIpc) is 2.64. The van der Waals surface area contributed by atoms with E-state index in [0.717, 1.165) is 26.2 Å². The van der Waals surface area contributed by atoms with Gasteiger partial charge in [-0.05, 0) is 62.5 Å². The molecule has 0 aliphatic carbocycles. The smallest absolute Gasteiger partial charge is 0.0167 e. The van der Waals surface area contributed by atoms with Crippen molar-refractivity contribution in [2.75, 3.05) is 32.7 Å². The molecule has 1 aliphatic heterocycles. The number of nitrogens with zero attached hydrogens (tertiary/aromatic N) is 1. The van der Waals surface area contributed by atoms with Crippen molar-refractivity contribution in [1.82, 2.24) is 10.2 Å². The molecule has 1 N–H and O–H groups in total. The topological polar surface area (TPSA) is 15.3 Å². The van der Waals surface area contributed by atoms with Crippen LogP contribution in [0, 0.1) is 20.8 Å². The molecular weight excluding hydrogens is 232 g/mol. The quantitative estimate of drug-likeness (QED) is 0.897. The lowest BCUT2D eigenvalue weighted by molar-refractivity contribution is 0.324. The molecule has 0 radical (unpaired) electrons. The molecule has 2 nitrogen and oxygen atoms in total. The summed E-state index contributed by atoms with van der Waals surface area (Å²) in [7, 11) is 0. The van der Waals surface area contributed by atoms with Gasteiger partial charge >= 0.3 is 0 Å². The van der Waals surface area contributed by atoms with Crippen molar-refractivity contribution < 1.29 is 0 Å². The second-order valence-electron chi connectivity index (χ2n) is 5.60. The normalized spacial score (nSPS) is 17.8. The minimum atomic E-state index is 1.06. The Morgan fingerprint density at radius 1 is 1.05 bits per heavy atom. The van der Waals surface area contributed by atoms with Gasteiger partial charge in [-0.15, -0.1) is 0 Å². The molecule has 1 aliphatic rings. The van der Waals surface area contributed by atoms with Gasteiger partial charge in [0.2, 0.25) is 0 Å². The van der Waals surface area contributed by atoms with E-state index in [2.05, 4.69) is 55.3 Å². The monoisotopic (exact) mass is 258 g/mol. The molecule has 1 saturated heterocycles. The summed E-state index contributed by atoms with van der Waals surface area (Å²) in [4.78, 5) is 2.52. The molecule has 2 rings (SSSR count). The number of nitrogens with one attached hydrogen (secondary N) is 1. The highest BCUT2D eigenvalue weighted by Crippen LogP contribution is 2.16. The SMILES string of the molecule is Cc1cc(C)c(/C=C/CN2CCCNCC2)cc1C. The van der Waals surface area contributed by atoms with Crippen molar-refractivity contribution in [3.05, 3.63) is 40.5 Å². The number of rotatable bonds is 3. The van der Waals surface area contributed by atoms with Crippen LogP contribution in [0.2, 0.25) is 0 Å². The molecule has 1 heterocycles. The standard InChI is InChI=1S/C17H26N2/c1-14-12-16(3)17(13-15(14)2)6-4-9-19-10-5-7-18-8-11-19/h4,6,12-13,18H,5,7-11H2,1-3H3/b6-4+. The van der Waals surface area contributed by atoms with E-state index < -0.39 is 0 Å². The van der Waals surface area contributed by atoms with Gasteiger partial charge in [0.05, 0.1) is 0 Å². The van der Waals surface area contributed by atoms with Gasteiger partial charge in [-0.1, -0.05) is 24.3 Å². The van der Waals surface area contributed by atoms with Gasteiger partial charge in [0, 0.05) is 19.6 Å². The van der Waals surface area contributed by atoms with E-state index in [0.29, 0.717) is 0 Å². The average molecular weight is 258 g/mol. The fourth-order valence-corrected chi connectivity index (χ4v) is 2.58. The first kappa shape index (κ1) is 14.3. The summed E-state index contributed by atoms with van der Waals surface area (Å²) in [6.45, 7) is 12.3. The highest BCUT2D eigenvalue weighted by molar-refractivity contribution is 5.56. The van der Waals surface area contributed by atoms with E-state index in [9.17, 15) is 0 Å². The maximum absolute atomic E-state index is 3.44. The lowest BCUT2D eigenvalue weighted by Crippen LogP contribution is -2.28. The Balaban J connectivity index is 1.96. The van der Waals surface area contributed by atoms with Crippen LogP contribution >= 0.6 is 0 Å². The zero-order valence-corrected chi connectivity index (χ0v) is 12.5. The number of hydrogen-bond donors (Lipinski definition) is 1. The van der Waals surface area contributed by atoms with Crippen LogP contribution in [0.15, 0.2) is 18.2 Å². The minimum absolute atomic E-state index is 1.06. The summed E-state index contributed by atoms with van der Waals surface area (Å²) in [5, 5.41) is 3.44. The first-order valence-electron chi connectivity index (χ1n) is 7.34. The summed E-state index contributed by atoms with van der Waals surface area (Å²) < 4.78 is 0. The Kier molecular flexibility index (Phi) is 5.17. The van der Waals surface area contributed by atoms with Gasteiger partial charge in [0.1, 0.15) is 0 Å². The third kappa shape index (κ3) is 4.19. The summed E-state index contributed by atoms with van der Waals surface area (Å²) in [6.07, 6.45) is 5.85. The van der Waals surface area contributed by atoms with Crippen LogP contribution in [-0.2, 0) is 0 Å². The van der Waals surface area contributed by atoms with Gasteiger partial charge in [-0.3, -0.25) is 4.90 Å². The lowest BCUT2D eigenvalue weighted by atomic mass is 10.0. The Labute approximate surface area is 117 Å². The third-order valence-corrected chi connectivity index (χ3v) is 3.98. The van der Waals surface area contributed by atoms with Gasteiger partial charge in [0.25, 0.3) is 0 Å². The molecule has 1 aromatic rings. The Morgan fingerprint density at radius 3 is 2.68 bits per heavy atom. The molecule has 0 saturated carbocycles. The summed E-state index contributed by atoms with van der Waals surface area (Å²) in [5.41, 5.74) is 5.49. The van der Waals surface area contributed by atoms with Gasteiger partial charge < -0.3 is 5.32 Å². The molecule has 0 amide bonds. The van der Waals surface area contributed by atoms with Crippen LogP contribution in [0.3, 0.4) is 0 Å². The molecule has 0 aromatic heterocycles. The number of benzene rings is 1. The molecule has 0 atom stereocenters. The van der Waals surface area contributed by atoms with Crippen LogP contribution in [0.1, 0.15) is 28.7 Å². The molecular formula is C17H26N2. The molecule has 1 fully saturated rings. The van der Waals surface area contributed by atoms with Crippen LogP contribution in [-0.4, -0.2) is 37.6 Å². The second kappa shape index (κ2) is 6.88. The zero-order chi connectivity index (χ0) is 13.7. The summed E-state index contributed by atoms with van der Waals surface area (Å²) in [5.74, 6) is 0. The molecule has 1 aromatic carbocycles. The van der Waals surface area contributed by atoms with E-state index in [1.165, 1.54) is 35.2 Å².